The molecule has 1 aliphatic heterocycles. The number of methoxy groups -OCH3 is 1. The average molecular weight is 495 g/mol. The first-order valence-corrected chi connectivity index (χ1v) is 11.2. The highest BCUT2D eigenvalue weighted by Gasteiger charge is 2.46. The number of amides is 1. The van der Waals surface area contributed by atoms with Crippen molar-refractivity contribution in [3.63, 3.8) is 0 Å². The molecule has 1 N–H and O–H groups in total. The Morgan fingerprint density at radius 2 is 1.67 bits per heavy atom. The Morgan fingerprint density at radius 1 is 0.972 bits per heavy atom. The van der Waals surface area contributed by atoms with E-state index in [0.29, 0.717) is 22.4 Å². The van der Waals surface area contributed by atoms with Crippen LogP contribution >= 0.6 is 0 Å². The number of aryl methyl sites for hydroxylation is 2. The Morgan fingerprint density at radius 3 is 2.31 bits per heavy atom. The van der Waals surface area contributed by atoms with Crippen LogP contribution in [0.5, 0.6) is 5.75 Å². The molecular formula is C28H24F3NO4. The minimum atomic E-state index is -4.55. The van der Waals surface area contributed by atoms with Crippen LogP contribution in [0.15, 0.2) is 72.3 Å². The van der Waals surface area contributed by atoms with E-state index < -0.39 is 29.5 Å². The standard InChI is InChI=1S/C28H24F3NO4/c1-16-13-22(36-3)17(2)12-21(16)25(33)23-24(19-9-5-4-6-10-19)32(27(35)26(23)34)15-18-8-7-11-20(14-18)28(29,30)31/h4-14,24,33H,15H2,1-3H3/b25-23+. The predicted octanol–water partition coefficient (Wildman–Crippen LogP) is 5.95. The molecule has 1 aliphatic rings. The molecule has 3 aromatic carbocycles. The number of aliphatic hydroxyl groups is 1. The number of rotatable bonds is 5. The van der Waals surface area contributed by atoms with Crippen LogP contribution in [0.25, 0.3) is 5.76 Å². The highest BCUT2D eigenvalue weighted by atomic mass is 19.4. The number of nitrogens with zero attached hydrogens (tertiary/aromatic N) is 1. The second-order valence-corrected chi connectivity index (χ2v) is 8.67. The third-order valence-electron chi connectivity index (χ3n) is 6.26. The van der Waals surface area contributed by atoms with E-state index in [4.69, 9.17) is 4.74 Å². The quantitative estimate of drug-likeness (QED) is 0.270. The van der Waals surface area contributed by atoms with Gasteiger partial charge < -0.3 is 14.7 Å². The zero-order valence-corrected chi connectivity index (χ0v) is 19.9. The van der Waals surface area contributed by atoms with Gasteiger partial charge in [-0.05, 0) is 60.4 Å². The van der Waals surface area contributed by atoms with Gasteiger partial charge in [0.05, 0.1) is 24.3 Å². The molecule has 0 spiro atoms. The normalized spacial score (nSPS) is 17.5. The average Bonchev–Trinajstić information content (AvgIpc) is 3.10. The number of carbonyl (C=O) groups excluding carboxylic acids is 2. The van der Waals surface area contributed by atoms with Crippen LogP contribution in [-0.4, -0.2) is 28.8 Å². The summed E-state index contributed by atoms with van der Waals surface area (Å²) in [7, 11) is 1.52. The largest absolute Gasteiger partial charge is 0.507 e. The molecule has 1 saturated heterocycles. The summed E-state index contributed by atoms with van der Waals surface area (Å²) in [6.45, 7) is 3.29. The van der Waals surface area contributed by atoms with Crippen molar-refractivity contribution in [2.75, 3.05) is 7.11 Å². The van der Waals surface area contributed by atoms with Gasteiger partial charge in [0.25, 0.3) is 11.7 Å². The Bertz CT molecular complexity index is 1360. The molecule has 8 heteroatoms. The summed E-state index contributed by atoms with van der Waals surface area (Å²) in [6, 6.07) is 15.7. The summed E-state index contributed by atoms with van der Waals surface area (Å²) in [4.78, 5) is 27.6. The van der Waals surface area contributed by atoms with E-state index >= 15 is 0 Å². The summed E-state index contributed by atoms with van der Waals surface area (Å²) in [5.74, 6) is -1.54. The fourth-order valence-electron chi connectivity index (χ4n) is 4.48. The van der Waals surface area contributed by atoms with Crippen molar-refractivity contribution in [3.8, 4) is 5.75 Å². The van der Waals surface area contributed by atoms with Gasteiger partial charge in [0, 0.05) is 12.1 Å². The number of likely N-dealkylation sites (tertiary alicyclic amines) is 1. The monoisotopic (exact) mass is 495 g/mol. The molecule has 1 heterocycles. The van der Waals surface area contributed by atoms with Crippen LogP contribution in [-0.2, 0) is 22.3 Å². The lowest BCUT2D eigenvalue weighted by atomic mass is 9.93. The minimum absolute atomic E-state index is 0.120. The Kier molecular flexibility index (Phi) is 6.63. The maximum Gasteiger partial charge on any atom is 0.416 e. The lowest BCUT2D eigenvalue weighted by molar-refractivity contribution is -0.140. The van der Waals surface area contributed by atoms with E-state index in [9.17, 15) is 27.9 Å². The molecule has 0 saturated carbocycles. The fraction of sp³-hybridized carbons (Fsp3) is 0.214. The van der Waals surface area contributed by atoms with Crippen molar-refractivity contribution in [1.29, 1.82) is 0 Å². The van der Waals surface area contributed by atoms with Gasteiger partial charge in [-0.15, -0.1) is 0 Å². The van der Waals surface area contributed by atoms with Gasteiger partial charge in [-0.3, -0.25) is 9.59 Å². The van der Waals surface area contributed by atoms with Gasteiger partial charge in [0.15, 0.2) is 0 Å². The molecule has 0 aliphatic carbocycles. The molecule has 36 heavy (non-hydrogen) atoms. The van der Waals surface area contributed by atoms with E-state index in [-0.39, 0.29) is 23.4 Å². The molecule has 0 radical (unpaired) electrons. The van der Waals surface area contributed by atoms with Crippen LogP contribution < -0.4 is 4.74 Å². The number of benzene rings is 3. The van der Waals surface area contributed by atoms with Gasteiger partial charge >= 0.3 is 6.18 Å². The van der Waals surface area contributed by atoms with Crippen molar-refractivity contribution in [1.82, 2.24) is 4.90 Å². The van der Waals surface area contributed by atoms with Gasteiger partial charge in [-0.25, -0.2) is 0 Å². The van der Waals surface area contributed by atoms with Gasteiger partial charge in [0.2, 0.25) is 0 Å². The van der Waals surface area contributed by atoms with Crippen LogP contribution in [0.4, 0.5) is 13.2 Å². The number of aliphatic hydroxyl groups excluding tert-OH is 1. The second-order valence-electron chi connectivity index (χ2n) is 8.67. The number of halogens is 3. The molecule has 1 unspecified atom stereocenters. The highest BCUT2D eigenvalue weighted by Crippen LogP contribution is 2.41. The van der Waals surface area contributed by atoms with Crippen molar-refractivity contribution in [2.45, 2.75) is 32.6 Å². The van der Waals surface area contributed by atoms with Crippen LogP contribution in [0.1, 0.15) is 39.4 Å². The molecule has 0 bridgehead atoms. The lowest BCUT2D eigenvalue weighted by Crippen LogP contribution is -2.29. The van der Waals surface area contributed by atoms with Crippen molar-refractivity contribution < 1.29 is 32.6 Å². The Balaban J connectivity index is 1.86. The topological polar surface area (TPSA) is 66.8 Å². The SMILES string of the molecule is COc1cc(C)c(/C(O)=C2\C(=O)C(=O)N(Cc3cccc(C(F)(F)F)c3)C2c2ccccc2)cc1C. The number of Topliss-reactive ketones (excluding diaryl/α,β-unsaturated/α-hetero) is 1. The van der Waals surface area contributed by atoms with Gasteiger partial charge in [0.1, 0.15) is 11.5 Å². The van der Waals surface area contributed by atoms with Crippen molar-refractivity contribution in [2.24, 2.45) is 0 Å². The molecule has 1 atom stereocenters. The van der Waals surface area contributed by atoms with Gasteiger partial charge in [-0.1, -0.05) is 42.5 Å². The number of ketones is 1. The summed E-state index contributed by atoms with van der Waals surface area (Å²) in [5.41, 5.74) is 1.51. The molecule has 4 rings (SSSR count). The third kappa shape index (κ3) is 4.58. The fourth-order valence-corrected chi connectivity index (χ4v) is 4.48. The molecule has 0 aromatic heterocycles. The number of ether oxygens (including phenoxy) is 1. The summed E-state index contributed by atoms with van der Waals surface area (Å²) < 4.78 is 45.1. The van der Waals surface area contributed by atoms with Gasteiger partial charge in [-0.2, -0.15) is 13.2 Å². The Hall–Kier alpha value is -4.07. The maximum atomic E-state index is 13.3. The smallest absolute Gasteiger partial charge is 0.416 e. The third-order valence-corrected chi connectivity index (χ3v) is 6.26. The summed E-state index contributed by atoms with van der Waals surface area (Å²) >= 11 is 0. The van der Waals surface area contributed by atoms with Crippen LogP contribution in [0, 0.1) is 13.8 Å². The van der Waals surface area contributed by atoms with Crippen molar-refractivity contribution in [3.05, 3.63) is 106 Å². The molecule has 5 nitrogen and oxygen atoms in total. The van der Waals surface area contributed by atoms with E-state index in [1.807, 2.05) is 0 Å². The van der Waals surface area contributed by atoms with Crippen molar-refractivity contribution >= 4 is 17.4 Å². The molecular weight excluding hydrogens is 471 g/mol. The number of hydrogen-bond donors (Lipinski definition) is 1. The number of alkyl halides is 3. The number of hydrogen-bond acceptors (Lipinski definition) is 4. The summed E-state index contributed by atoms with van der Waals surface area (Å²) in [6.07, 6.45) is -4.55. The summed E-state index contributed by atoms with van der Waals surface area (Å²) in [5, 5.41) is 11.3. The number of carbonyl (C=O) groups is 2. The predicted molar refractivity (Wildman–Crippen MR) is 128 cm³/mol. The molecule has 1 fully saturated rings. The van der Waals surface area contributed by atoms with Crippen LogP contribution in [0.2, 0.25) is 0 Å². The van der Waals surface area contributed by atoms with E-state index in [1.165, 1.54) is 24.1 Å². The highest BCUT2D eigenvalue weighted by molar-refractivity contribution is 6.46. The molecule has 3 aromatic rings. The first-order chi connectivity index (χ1) is 17.0. The molecule has 186 valence electrons. The first-order valence-electron chi connectivity index (χ1n) is 11.2. The Labute approximate surface area is 206 Å². The van der Waals surface area contributed by atoms with E-state index in [2.05, 4.69) is 0 Å². The van der Waals surface area contributed by atoms with E-state index in [0.717, 1.165) is 17.7 Å². The first kappa shape index (κ1) is 25.0. The lowest BCUT2D eigenvalue weighted by Gasteiger charge is -2.26. The van der Waals surface area contributed by atoms with Crippen LogP contribution in [0.3, 0.4) is 0 Å². The minimum Gasteiger partial charge on any atom is -0.507 e. The second kappa shape index (κ2) is 9.53. The zero-order chi connectivity index (χ0) is 26.2. The zero-order valence-electron chi connectivity index (χ0n) is 19.9. The maximum absolute atomic E-state index is 13.3. The molecule has 1 amide bonds. The van der Waals surface area contributed by atoms with E-state index in [1.54, 1.807) is 56.3 Å².